The van der Waals surface area contributed by atoms with Crippen LogP contribution >= 0.6 is 11.3 Å². The Morgan fingerprint density at radius 2 is 1.96 bits per heavy atom. The molecule has 1 saturated heterocycles. The second-order valence-corrected chi connectivity index (χ2v) is 10.6. The monoisotopic (exact) mass is 392 g/mol. The minimum atomic E-state index is -0.360. The topological polar surface area (TPSA) is 58.6 Å². The Labute approximate surface area is 166 Å². The third-order valence-electron chi connectivity index (χ3n) is 5.99. The van der Waals surface area contributed by atoms with Crippen molar-refractivity contribution in [3.8, 4) is 0 Å². The molecule has 3 rings (SSSR count). The van der Waals surface area contributed by atoms with Crippen LogP contribution in [0, 0.1) is 24.7 Å². The van der Waals surface area contributed by atoms with Crippen LogP contribution in [0.4, 0.5) is 5.00 Å². The average molecular weight is 393 g/mol. The highest BCUT2D eigenvalue weighted by Crippen LogP contribution is 2.52. The number of thiophene rings is 1. The van der Waals surface area contributed by atoms with Crippen LogP contribution < -0.4 is 5.32 Å². The zero-order chi connectivity index (χ0) is 20.0. The molecule has 1 aliphatic heterocycles. The second-order valence-electron chi connectivity index (χ2n) is 9.37. The normalized spacial score (nSPS) is 26.8. The number of amides is 1. The van der Waals surface area contributed by atoms with Gasteiger partial charge in [-0.15, -0.1) is 11.3 Å². The highest BCUT2D eigenvalue weighted by molar-refractivity contribution is 7.16. The van der Waals surface area contributed by atoms with Crippen LogP contribution in [0.1, 0.15) is 67.8 Å². The van der Waals surface area contributed by atoms with Gasteiger partial charge in [-0.1, -0.05) is 20.8 Å². The van der Waals surface area contributed by atoms with Crippen molar-refractivity contribution < 1.29 is 14.3 Å². The third-order valence-corrected chi connectivity index (χ3v) is 7.11. The van der Waals surface area contributed by atoms with Gasteiger partial charge in [-0.05, 0) is 56.4 Å². The van der Waals surface area contributed by atoms with Crippen LogP contribution in [0.15, 0.2) is 0 Å². The van der Waals surface area contributed by atoms with E-state index in [-0.39, 0.29) is 11.9 Å². The fraction of sp³-hybridized carbons (Fsp3) is 0.714. The number of nitrogens with zero attached hydrogens (tertiary/aromatic N) is 1. The van der Waals surface area contributed by atoms with Crippen LogP contribution in [0.2, 0.25) is 0 Å². The van der Waals surface area contributed by atoms with Crippen LogP contribution in [0.25, 0.3) is 0 Å². The van der Waals surface area contributed by atoms with Crippen molar-refractivity contribution in [2.45, 2.75) is 66.8 Å². The molecule has 150 valence electrons. The molecule has 2 bridgehead atoms. The second kappa shape index (κ2) is 7.21. The van der Waals surface area contributed by atoms with Gasteiger partial charge in [-0.2, -0.15) is 0 Å². The molecule has 1 aromatic rings. The van der Waals surface area contributed by atoms with E-state index in [0.29, 0.717) is 40.6 Å². The summed E-state index contributed by atoms with van der Waals surface area (Å²) >= 11 is 1.45. The van der Waals surface area contributed by atoms with Gasteiger partial charge in [0.2, 0.25) is 5.91 Å². The first-order valence-corrected chi connectivity index (χ1v) is 10.7. The molecule has 1 aliphatic carbocycles. The molecule has 6 heteroatoms. The lowest BCUT2D eigenvalue weighted by molar-refractivity contribution is -0.117. The smallest absolute Gasteiger partial charge is 0.341 e. The van der Waals surface area contributed by atoms with Gasteiger partial charge in [0.15, 0.2) is 0 Å². The molecule has 2 atom stereocenters. The van der Waals surface area contributed by atoms with Gasteiger partial charge >= 0.3 is 5.97 Å². The molecule has 1 amide bonds. The molecule has 0 radical (unpaired) electrons. The molecule has 1 saturated carbocycles. The summed E-state index contributed by atoms with van der Waals surface area (Å²) in [6.45, 7) is 14.4. The van der Waals surface area contributed by atoms with E-state index in [1.165, 1.54) is 24.2 Å². The molecular weight excluding hydrogens is 360 g/mol. The molecule has 5 nitrogen and oxygen atoms in total. The molecule has 1 aromatic heterocycles. The van der Waals surface area contributed by atoms with Crippen LogP contribution in [-0.2, 0) is 9.53 Å². The fourth-order valence-electron chi connectivity index (χ4n) is 5.28. The van der Waals surface area contributed by atoms with E-state index >= 15 is 0 Å². The minimum Gasteiger partial charge on any atom is -0.462 e. The molecule has 0 aromatic carbocycles. The highest BCUT2D eigenvalue weighted by Gasteiger charge is 2.49. The predicted molar refractivity (Wildman–Crippen MR) is 109 cm³/mol. The number of nitrogens with one attached hydrogen (secondary N) is 1. The quantitative estimate of drug-likeness (QED) is 0.756. The van der Waals surface area contributed by atoms with Crippen molar-refractivity contribution in [1.29, 1.82) is 0 Å². The summed E-state index contributed by atoms with van der Waals surface area (Å²) in [5.41, 5.74) is 2.03. The van der Waals surface area contributed by atoms with Crippen molar-refractivity contribution in [2.24, 2.45) is 10.8 Å². The summed E-state index contributed by atoms with van der Waals surface area (Å²) in [4.78, 5) is 28.5. The summed E-state index contributed by atoms with van der Waals surface area (Å²) in [7, 11) is 0. The Hall–Kier alpha value is -1.40. The number of hydrogen-bond donors (Lipinski definition) is 1. The number of esters is 1. The molecule has 0 spiro atoms. The van der Waals surface area contributed by atoms with Crippen molar-refractivity contribution >= 4 is 28.2 Å². The summed E-state index contributed by atoms with van der Waals surface area (Å²) in [6, 6.07) is 0.473. The van der Waals surface area contributed by atoms with E-state index in [4.69, 9.17) is 4.74 Å². The van der Waals surface area contributed by atoms with Crippen LogP contribution in [0.3, 0.4) is 0 Å². The van der Waals surface area contributed by atoms with Crippen molar-refractivity contribution in [1.82, 2.24) is 4.90 Å². The van der Waals surface area contributed by atoms with Gasteiger partial charge < -0.3 is 10.1 Å². The van der Waals surface area contributed by atoms with E-state index in [1.807, 2.05) is 13.8 Å². The average Bonchev–Trinajstić information content (AvgIpc) is 2.91. The first kappa shape index (κ1) is 20.3. The van der Waals surface area contributed by atoms with Crippen LogP contribution in [-0.4, -0.2) is 42.5 Å². The molecule has 0 unspecified atom stereocenters. The Morgan fingerprint density at radius 1 is 1.26 bits per heavy atom. The minimum absolute atomic E-state index is 0.0456. The number of aryl methyl sites for hydroxylation is 1. The van der Waals surface area contributed by atoms with E-state index in [9.17, 15) is 9.59 Å². The first-order valence-electron chi connectivity index (χ1n) is 9.84. The van der Waals surface area contributed by atoms with Gasteiger partial charge in [0.1, 0.15) is 5.00 Å². The number of rotatable bonds is 5. The van der Waals surface area contributed by atoms with Crippen molar-refractivity contribution in [3.63, 3.8) is 0 Å². The summed E-state index contributed by atoms with van der Waals surface area (Å²) in [5, 5.41) is 3.60. The number of ether oxygens (including phenoxy) is 1. The molecule has 27 heavy (non-hydrogen) atoms. The van der Waals surface area contributed by atoms with Gasteiger partial charge in [0, 0.05) is 17.5 Å². The maximum absolute atomic E-state index is 12.8. The summed E-state index contributed by atoms with van der Waals surface area (Å²) in [6.07, 6.45) is 3.53. The van der Waals surface area contributed by atoms with E-state index < -0.39 is 0 Å². The number of carbonyl (C=O) groups excluding carboxylic acids is 2. The van der Waals surface area contributed by atoms with E-state index in [0.717, 1.165) is 23.4 Å². The number of carbonyl (C=O) groups is 2. The van der Waals surface area contributed by atoms with Crippen LogP contribution in [0.5, 0.6) is 0 Å². The van der Waals surface area contributed by atoms with Gasteiger partial charge in [0.25, 0.3) is 0 Å². The Morgan fingerprint density at radius 3 is 2.63 bits per heavy atom. The zero-order valence-corrected chi connectivity index (χ0v) is 18.2. The lowest BCUT2D eigenvalue weighted by Crippen LogP contribution is -2.38. The summed E-state index contributed by atoms with van der Waals surface area (Å²) in [5.74, 6) is -0.406. The highest BCUT2D eigenvalue weighted by atomic mass is 32.1. The summed E-state index contributed by atoms with van der Waals surface area (Å²) < 4.78 is 5.18. The first-order chi connectivity index (χ1) is 12.5. The van der Waals surface area contributed by atoms with Gasteiger partial charge in [-0.3, -0.25) is 9.69 Å². The zero-order valence-electron chi connectivity index (χ0n) is 17.4. The largest absolute Gasteiger partial charge is 0.462 e. The van der Waals surface area contributed by atoms with Gasteiger partial charge in [0.05, 0.1) is 18.7 Å². The van der Waals surface area contributed by atoms with Crippen molar-refractivity contribution in [2.75, 3.05) is 25.0 Å². The molecule has 1 N–H and O–H groups in total. The number of hydrogen-bond acceptors (Lipinski definition) is 5. The third kappa shape index (κ3) is 4.21. The van der Waals surface area contributed by atoms with Gasteiger partial charge in [-0.25, -0.2) is 4.79 Å². The predicted octanol–water partition coefficient (Wildman–Crippen LogP) is 4.38. The SMILES string of the molecule is CCOC(=O)c1c(NC(=O)CN2C[C@@]3(C)C[C@H]2CC(C)(C)C3)sc(C)c1C. The number of likely N-dealkylation sites (tertiary alicyclic amines) is 1. The number of anilines is 1. The van der Waals surface area contributed by atoms with Crippen molar-refractivity contribution in [3.05, 3.63) is 16.0 Å². The fourth-order valence-corrected chi connectivity index (χ4v) is 6.34. The molecule has 2 heterocycles. The Bertz CT molecular complexity index is 755. The maximum Gasteiger partial charge on any atom is 0.341 e. The number of fused-ring (bicyclic) bond motifs is 2. The lowest BCUT2D eigenvalue weighted by Gasteiger charge is -2.39. The van der Waals surface area contributed by atoms with E-state index in [1.54, 1.807) is 6.92 Å². The Balaban J connectivity index is 1.71. The maximum atomic E-state index is 12.8. The lowest BCUT2D eigenvalue weighted by atomic mass is 9.65. The Kier molecular flexibility index (Phi) is 5.43. The standard InChI is InChI=1S/C21H32N2O3S/c1-7-26-19(25)17-13(2)14(3)27-18(17)22-16(24)10-23-12-21(6)9-15(23)8-20(4,5)11-21/h15H,7-12H2,1-6H3,(H,22,24)/t15-,21+/m1/s1. The molecule has 2 aliphatic rings. The molecular formula is C21H32N2O3S. The molecule has 2 fully saturated rings. The van der Waals surface area contributed by atoms with E-state index in [2.05, 4.69) is 31.0 Å².